The third-order valence-corrected chi connectivity index (χ3v) is 1.77. The highest BCUT2D eigenvalue weighted by Gasteiger charge is 2.18. The first-order valence-electron chi connectivity index (χ1n) is 4.66. The Morgan fingerprint density at radius 1 is 1.31 bits per heavy atom. The minimum absolute atomic E-state index is 0.0631. The summed E-state index contributed by atoms with van der Waals surface area (Å²) in [4.78, 5) is 11.8. The van der Waals surface area contributed by atoms with Crippen LogP contribution in [0.15, 0.2) is 0 Å². The van der Waals surface area contributed by atoms with Gasteiger partial charge in [0.25, 0.3) is 0 Å². The zero-order valence-electron chi connectivity index (χ0n) is 9.48. The van der Waals surface area contributed by atoms with Gasteiger partial charge >= 0.3 is 6.01 Å². The Balaban J connectivity index is 2.95. The topological polar surface area (TPSA) is 118 Å². The van der Waals surface area contributed by atoms with Crippen LogP contribution in [-0.4, -0.2) is 39.3 Å². The van der Waals surface area contributed by atoms with Crippen LogP contribution in [0.4, 0.5) is 11.9 Å². The molecule has 0 unspecified atom stereocenters. The fraction of sp³-hybridized carbons (Fsp3) is 0.625. The number of hydrazine groups is 1. The average molecular weight is 228 g/mol. The largest absolute Gasteiger partial charge is 0.467 e. The fourth-order valence-corrected chi connectivity index (χ4v) is 0.910. The number of aliphatic hydroxyl groups excluding tert-OH is 1. The van der Waals surface area contributed by atoms with Gasteiger partial charge in [-0.15, -0.1) is 0 Å². The molecule has 0 bridgehead atoms. The zero-order valence-corrected chi connectivity index (χ0v) is 9.48. The lowest BCUT2D eigenvalue weighted by atomic mass is 10.1. The van der Waals surface area contributed by atoms with Crippen molar-refractivity contribution in [1.82, 2.24) is 15.0 Å². The monoisotopic (exact) mass is 228 g/mol. The summed E-state index contributed by atoms with van der Waals surface area (Å²) in [5, 5.41) is 12.0. The lowest BCUT2D eigenvalue weighted by Crippen LogP contribution is -2.36. The molecule has 0 fully saturated rings. The molecule has 0 spiro atoms. The van der Waals surface area contributed by atoms with Crippen molar-refractivity contribution < 1.29 is 9.84 Å². The number of hydrogen-bond acceptors (Lipinski definition) is 8. The molecule has 1 heterocycles. The molecule has 0 saturated carbocycles. The predicted molar refractivity (Wildman–Crippen MR) is 59.0 cm³/mol. The van der Waals surface area contributed by atoms with Crippen molar-refractivity contribution in [2.45, 2.75) is 19.4 Å². The maximum Gasteiger partial charge on any atom is 0.322 e. The lowest BCUT2D eigenvalue weighted by molar-refractivity contribution is 0.233. The van der Waals surface area contributed by atoms with Crippen LogP contribution in [0.3, 0.4) is 0 Å². The molecule has 8 nitrogen and oxygen atoms in total. The number of hydrogen-bond donors (Lipinski definition) is 4. The Labute approximate surface area is 93.2 Å². The van der Waals surface area contributed by atoms with Crippen LogP contribution in [0.25, 0.3) is 0 Å². The average Bonchev–Trinajstić information content (AvgIpc) is 2.28. The van der Waals surface area contributed by atoms with Crippen LogP contribution in [-0.2, 0) is 0 Å². The number of nitrogens with two attached hydrogens (primary N) is 1. The molecule has 16 heavy (non-hydrogen) atoms. The molecule has 0 saturated heterocycles. The van der Waals surface area contributed by atoms with Crippen molar-refractivity contribution >= 4 is 11.9 Å². The van der Waals surface area contributed by atoms with Gasteiger partial charge < -0.3 is 15.2 Å². The third kappa shape index (κ3) is 3.17. The Bertz CT molecular complexity index is 334. The van der Waals surface area contributed by atoms with E-state index in [0.29, 0.717) is 0 Å². The number of aliphatic hydroxyl groups is 1. The first-order valence-corrected chi connectivity index (χ1v) is 4.66. The summed E-state index contributed by atoms with van der Waals surface area (Å²) in [5.74, 6) is 5.66. The normalized spacial score (nSPS) is 11.1. The van der Waals surface area contributed by atoms with Crippen LogP contribution in [0, 0.1) is 0 Å². The first-order chi connectivity index (χ1) is 7.50. The number of methoxy groups -OCH3 is 1. The molecular weight excluding hydrogens is 212 g/mol. The maximum absolute atomic E-state index is 9.10. The Hall–Kier alpha value is -1.67. The van der Waals surface area contributed by atoms with E-state index < -0.39 is 5.54 Å². The number of anilines is 2. The van der Waals surface area contributed by atoms with Gasteiger partial charge in [-0.2, -0.15) is 15.0 Å². The van der Waals surface area contributed by atoms with Crippen molar-refractivity contribution in [1.29, 1.82) is 0 Å². The van der Waals surface area contributed by atoms with Gasteiger partial charge in [0.2, 0.25) is 11.9 Å². The molecule has 0 amide bonds. The molecule has 0 aliphatic heterocycles. The summed E-state index contributed by atoms with van der Waals surface area (Å²) in [6.45, 7) is 3.55. The second kappa shape index (κ2) is 4.90. The first kappa shape index (κ1) is 12.4. The number of ether oxygens (including phenoxy) is 1. The SMILES string of the molecule is COc1nc(NN)nc(NC(C)(C)CO)n1. The molecule has 0 aliphatic rings. The molecule has 0 atom stereocenters. The van der Waals surface area contributed by atoms with Gasteiger partial charge in [0.15, 0.2) is 0 Å². The van der Waals surface area contributed by atoms with E-state index >= 15 is 0 Å². The zero-order chi connectivity index (χ0) is 12.2. The molecule has 0 aliphatic carbocycles. The predicted octanol–water partition coefficient (Wildman–Crippen LogP) is -0.651. The number of nitrogens with one attached hydrogen (secondary N) is 2. The van der Waals surface area contributed by atoms with E-state index in [9.17, 15) is 0 Å². The number of aromatic nitrogens is 3. The van der Waals surface area contributed by atoms with E-state index in [-0.39, 0.29) is 24.5 Å². The Morgan fingerprint density at radius 2 is 1.94 bits per heavy atom. The van der Waals surface area contributed by atoms with Gasteiger partial charge in [-0.05, 0) is 13.8 Å². The second-order valence-corrected chi connectivity index (χ2v) is 3.78. The van der Waals surface area contributed by atoms with E-state index in [1.807, 2.05) is 0 Å². The highest BCUT2D eigenvalue weighted by Crippen LogP contribution is 2.14. The molecule has 1 aromatic heterocycles. The van der Waals surface area contributed by atoms with Crippen molar-refractivity contribution in [3.63, 3.8) is 0 Å². The summed E-state index contributed by atoms with van der Waals surface area (Å²) >= 11 is 0. The summed E-state index contributed by atoms with van der Waals surface area (Å²) < 4.78 is 4.89. The fourth-order valence-electron chi connectivity index (χ4n) is 0.910. The van der Waals surface area contributed by atoms with E-state index in [0.717, 1.165) is 0 Å². The standard InChI is InChI=1S/C8H16N6O2/c1-8(2,4-15)13-5-10-6(14-9)12-7(11-5)16-3/h15H,4,9H2,1-3H3,(H2,10,11,12,13,14). The minimum Gasteiger partial charge on any atom is -0.467 e. The number of nitrogen functional groups attached to an aromatic ring is 1. The van der Waals surface area contributed by atoms with Gasteiger partial charge in [0.05, 0.1) is 19.3 Å². The smallest absolute Gasteiger partial charge is 0.322 e. The highest BCUT2D eigenvalue weighted by atomic mass is 16.5. The molecule has 1 aromatic rings. The van der Waals surface area contributed by atoms with Gasteiger partial charge in [-0.3, -0.25) is 5.43 Å². The van der Waals surface area contributed by atoms with Crippen LogP contribution in [0.2, 0.25) is 0 Å². The van der Waals surface area contributed by atoms with E-state index in [4.69, 9.17) is 15.7 Å². The second-order valence-electron chi connectivity index (χ2n) is 3.78. The van der Waals surface area contributed by atoms with Gasteiger partial charge in [0, 0.05) is 0 Å². The van der Waals surface area contributed by atoms with Crippen LogP contribution in [0.5, 0.6) is 6.01 Å². The minimum atomic E-state index is -0.543. The van der Waals surface area contributed by atoms with Crippen molar-refractivity contribution in [3.8, 4) is 6.01 Å². The molecule has 5 N–H and O–H groups in total. The Kier molecular flexibility index (Phi) is 3.80. The third-order valence-electron chi connectivity index (χ3n) is 1.77. The van der Waals surface area contributed by atoms with Crippen LogP contribution in [0.1, 0.15) is 13.8 Å². The number of nitrogens with zero attached hydrogens (tertiary/aromatic N) is 3. The molecule has 1 rings (SSSR count). The molecule has 0 radical (unpaired) electrons. The summed E-state index contributed by atoms with van der Waals surface area (Å²) in [7, 11) is 1.44. The summed E-state index contributed by atoms with van der Waals surface area (Å²) in [6.07, 6.45) is 0. The number of rotatable bonds is 5. The maximum atomic E-state index is 9.10. The van der Waals surface area contributed by atoms with Crippen molar-refractivity contribution in [2.24, 2.45) is 5.84 Å². The lowest BCUT2D eigenvalue weighted by Gasteiger charge is -2.23. The van der Waals surface area contributed by atoms with Crippen LogP contribution >= 0.6 is 0 Å². The molecular formula is C8H16N6O2. The molecule has 90 valence electrons. The van der Waals surface area contributed by atoms with E-state index in [1.54, 1.807) is 13.8 Å². The van der Waals surface area contributed by atoms with E-state index in [1.165, 1.54) is 7.11 Å². The highest BCUT2D eigenvalue weighted by molar-refractivity contribution is 5.36. The van der Waals surface area contributed by atoms with Crippen molar-refractivity contribution in [3.05, 3.63) is 0 Å². The van der Waals surface area contributed by atoms with Gasteiger partial charge in [-0.25, -0.2) is 5.84 Å². The van der Waals surface area contributed by atoms with Crippen LogP contribution < -0.4 is 21.3 Å². The summed E-state index contributed by atoms with van der Waals surface area (Å²) in [5.41, 5.74) is 1.76. The Morgan fingerprint density at radius 3 is 2.44 bits per heavy atom. The van der Waals surface area contributed by atoms with Gasteiger partial charge in [0.1, 0.15) is 0 Å². The molecule has 0 aromatic carbocycles. The summed E-state index contributed by atoms with van der Waals surface area (Å²) in [6, 6.07) is 0.138. The quantitative estimate of drug-likeness (QED) is 0.388. The van der Waals surface area contributed by atoms with Crippen molar-refractivity contribution in [2.75, 3.05) is 24.5 Å². The van der Waals surface area contributed by atoms with Gasteiger partial charge in [-0.1, -0.05) is 0 Å². The van der Waals surface area contributed by atoms with E-state index in [2.05, 4.69) is 25.7 Å². The molecule has 8 heteroatoms.